The van der Waals surface area contributed by atoms with Gasteiger partial charge in [0.1, 0.15) is 4.90 Å². The van der Waals surface area contributed by atoms with Crippen molar-refractivity contribution in [2.75, 3.05) is 0 Å². The largest absolute Gasteiger partial charge is 0.463 e. The van der Waals surface area contributed by atoms with E-state index in [2.05, 4.69) is 20.1 Å². The second kappa shape index (κ2) is 4.69. The number of sulfonamides is 1. The van der Waals surface area contributed by atoms with Gasteiger partial charge < -0.3 is 4.42 Å². The van der Waals surface area contributed by atoms with E-state index in [1.807, 2.05) is 0 Å². The molecule has 0 bridgehead atoms. The highest BCUT2D eigenvalue weighted by Crippen LogP contribution is 2.23. The summed E-state index contributed by atoms with van der Waals surface area (Å²) in [5, 5.41) is 12.0. The first-order chi connectivity index (χ1) is 9.56. The van der Waals surface area contributed by atoms with Crippen LogP contribution in [0, 0.1) is 0 Å². The molecule has 20 heavy (non-hydrogen) atoms. The van der Waals surface area contributed by atoms with Crippen LogP contribution in [0.3, 0.4) is 0 Å². The molecule has 3 aromatic rings. The molecule has 0 unspecified atom stereocenters. The van der Waals surface area contributed by atoms with Crippen molar-refractivity contribution in [2.45, 2.75) is 11.4 Å². The summed E-state index contributed by atoms with van der Waals surface area (Å²) in [5.41, 5.74) is 0.326. The van der Waals surface area contributed by atoms with Crippen molar-refractivity contribution in [1.82, 2.24) is 24.9 Å². The summed E-state index contributed by atoms with van der Waals surface area (Å²) >= 11 is 0. The molecule has 0 aliphatic heterocycles. The average Bonchev–Trinajstić information content (AvgIpc) is 3.04. The van der Waals surface area contributed by atoms with Crippen LogP contribution in [0.15, 0.2) is 39.8 Å². The van der Waals surface area contributed by atoms with Crippen molar-refractivity contribution >= 4 is 21.0 Å². The molecule has 1 aromatic carbocycles. The lowest BCUT2D eigenvalue weighted by Crippen LogP contribution is -2.24. The molecule has 0 saturated heterocycles. The third kappa shape index (κ3) is 2.28. The predicted molar refractivity (Wildman–Crippen MR) is 69.0 cm³/mol. The maximum Gasteiger partial charge on any atom is 0.244 e. The fourth-order valence-corrected chi connectivity index (χ4v) is 2.95. The van der Waals surface area contributed by atoms with Gasteiger partial charge in [-0.15, -0.1) is 10.2 Å². The van der Waals surface area contributed by atoms with Gasteiger partial charge in [-0.1, -0.05) is 12.1 Å². The minimum absolute atomic E-state index is 0.0345. The summed E-state index contributed by atoms with van der Waals surface area (Å²) in [6, 6.07) is 6.63. The Bertz CT molecular complexity index is 852. The standard InChI is InChI=1S/C11H11N5O3S/c1-16-14-10(13-15-16)7-12-20(17,18)9-4-2-3-8-5-6-19-11(8)9/h2-6,12H,7H2,1H3. The maximum atomic E-state index is 12.3. The lowest BCUT2D eigenvalue weighted by Gasteiger charge is -2.05. The summed E-state index contributed by atoms with van der Waals surface area (Å²) in [5.74, 6) is 0.294. The topological polar surface area (TPSA) is 103 Å². The molecule has 0 aliphatic rings. The van der Waals surface area contributed by atoms with Crippen molar-refractivity contribution < 1.29 is 12.8 Å². The summed E-state index contributed by atoms with van der Waals surface area (Å²) in [6.45, 7) is -0.0345. The summed E-state index contributed by atoms with van der Waals surface area (Å²) in [6.07, 6.45) is 1.45. The van der Waals surface area contributed by atoms with E-state index in [1.165, 1.54) is 17.1 Å². The van der Waals surface area contributed by atoms with Gasteiger partial charge in [-0.3, -0.25) is 0 Å². The summed E-state index contributed by atoms with van der Waals surface area (Å²) in [7, 11) is -2.10. The monoisotopic (exact) mass is 293 g/mol. The number of furan rings is 1. The number of nitrogens with zero attached hydrogens (tertiary/aromatic N) is 4. The molecule has 0 amide bonds. The first-order valence-electron chi connectivity index (χ1n) is 5.75. The SMILES string of the molecule is Cn1nnc(CNS(=O)(=O)c2cccc3ccoc23)n1. The Morgan fingerprint density at radius 1 is 1.35 bits per heavy atom. The second-order valence-electron chi connectivity index (χ2n) is 4.11. The minimum atomic E-state index is -3.71. The lowest BCUT2D eigenvalue weighted by atomic mass is 10.3. The van der Waals surface area contributed by atoms with Gasteiger partial charge in [0.25, 0.3) is 0 Å². The van der Waals surface area contributed by atoms with E-state index in [4.69, 9.17) is 4.42 Å². The van der Waals surface area contributed by atoms with Crippen LogP contribution in [0.2, 0.25) is 0 Å². The van der Waals surface area contributed by atoms with E-state index in [0.717, 1.165) is 5.39 Å². The number of rotatable bonds is 4. The second-order valence-corrected chi connectivity index (χ2v) is 5.85. The van der Waals surface area contributed by atoms with Crippen LogP contribution in [0.1, 0.15) is 5.82 Å². The Kier molecular flexibility index (Phi) is 2.99. The summed E-state index contributed by atoms with van der Waals surface area (Å²) < 4.78 is 32.2. The van der Waals surface area contributed by atoms with Crippen LogP contribution in [-0.4, -0.2) is 28.6 Å². The average molecular weight is 293 g/mol. The number of para-hydroxylation sites is 1. The molecule has 0 fully saturated rings. The first kappa shape index (κ1) is 12.8. The number of benzene rings is 1. The fraction of sp³-hybridized carbons (Fsp3) is 0.182. The van der Waals surface area contributed by atoms with Gasteiger partial charge in [0, 0.05) is 5.39 Å². The molecule has 0 radical (unpaired) electrons. The predicted octanol–water partition coefficient (Wildman–Crippen LogP) is 0.435. The summed E-state index contributed by atoms with van der Waals surface area (Å²) in [4.78, 5) is 1.35. The Labute approximate surface area is 114 Å². The molecule has 1 N–H and O–H groups in total. The molecule has 0 aliphatic carbocycles. The van der Waals surface area contributed by atoms with Gasteiger partial charge in [0.05, 0.1) is 19.9 Å². The van der Waals surface area contributed by atoms with Gasteiger partial charge >= 0.3 is 0 Å². The number of tetrazole rings is 1. The number of nitrogens with one attached hydrogen (secondary N) is 1. The third-order valence-corrected chi connectivity index (χ3v) is 4.13. The quantitative estimate of drug-likeness (QED) is 0.748. The van der Waals surface area contributed by atoms with Crippen LogP contribution in [0.25, 0.3) is 11.0 Å². The van der Waals surface area contributed by atoms with Crippen molar-refractivity contribution in [1.29, 1.82) is 0 Å². The van der Waals surface area contributed by atoms with Crippen molar-refractivity contribution in [2.24, 2.45) is 7.05 Å². The van der Waals surface area contributed by atoms with E-state index in [1.54, 1.807) is 25.2 Å². The molecule has 2 aromatic heterocycles. The number of aromatic nitrogens is 4. The van der Waals surface area contributed by atoms with Crippen molar-refractivity contribution in [3.63, 3.8) is 0 Å². The van der Waals surface area contributed by atoms with Crippen LogP contribution in [-0.2, 0) is 23.6 Å². The zero-order valence-corrected chi connectivity index (χ0v) is 11.3. The smallest absolute Gasteiger partial charge is 0.244 e. The number of hydrogen-bond donors (Lipinski definition) is 1. The zero-order valence-electron chi connectivity index (χ0n) is 10.5. The Morgan fingerprint density at radius 3 is 2.95 bits per heavy atom. The fourth-order valence-electron chi connectivity index (χ4n) is 1.81. The molecule has 9 heteroatoms. The van der Waals surface area contributed by atoms with E-state index >= 15 is 0 Å². The van der Waals surface area contributed by atoms with E-state index in [9.17, 15) is 8.42 Å². The van der Waals surface area contributed by atoms with E-state index in [0.29, 0.717) is 11.4 Å². The molecule has 0 atom stereocenters. The van der Waals surface area contributed by atoms with Gasteiger partial charge in [-0.05, 0) is 17.3 Å². The van der Waals surface area contributed by atoms with Gasteiger partial charge in [0.15, 0.2) is 11.4 Å². The van der Waals surface area contributed by atoms with Gasteiger partial charge in [0.2, 0.25) is 10.0 Å². The van der Waals surface area contributed by atoms with Crippen LogP contribution >= 0.6 is 0 Å². The normalized spacial score (nSPS) is 12.1. The lowest BCUT2D eigenvalue weighted by molar-refractivity contribution is 0.571. The Balaban J connectivity index is 1.90. The zero-order chi connectivity index (χ0) is 14.2. The van der Waals surface area contributed by atoms with Crippen molar-refractivity contribution in [3.8, 4) is 0 Å². The highest BCUT2D eigenvalue weighted by atomic mass is 32.2. The molecule has 104 valence electrons. The van der Waals surface area contributed by atoms with Crippen LogP contribution in [0.4, 0.5) is 0 Å². The molecule has 0 spiro atoms. The Hall–Kier alpha value is -2.26. The molecular weight excluding hydrogens is 282 g/mol. The van der Waals surface area contributed by atoms with Crippen molar-refractivity contribution in [3.05, 3.63) is 36.4 Å². The van der Waals surface area contributed by atoms with Crippen LogP contribution < -0.4 is 4.72 Å². The third-order valence-electron chi connectivity index (χ3n) is 2.70. The molecule has 0 saturated carbocycles. The molecular formula is C11H11N5O3S. The highest BCUT2D eigenvalue weighted by molar-refractivity contribution is 7.89. The van der Waals surface area contributed by atoms with E-state index in [-0.39, 0.29) is 11.4 Å². The number of fused-ring (bicyclic) bond motifs is 1. The van der Waals surface area contributed by atoms with E-state index < -0.39 is 10.0 Å². The molecule has 2 heterocycles. The Morgan fingerprint density at radius 2 is 2.20 bits per heavy atom. The number of hydrogen-bond acceptors (Lipinski definition) is 6. The van der Waals surface area contributed by atoms with Crippen LogP contribution in [0.5, 0.6) is 0 Å². The van der Waals surface area contributed by atoms with Gasteiger partial charge in [-0.2, -0.15) is 4.80 Å². The number of aryl methyl sites for hydroxylation is 1. The minimum Gasteiger partial charge on any atom is -0.463 e. The van der Waals surface area contributed by atoms with Gasteiger partial charge in [-0.25, -0.2) is 13.1 Å². The molecule has 3 rings (SSSR count). The maximum absolute atomic E-state index is 12.3. The molecule has 8 nitrogen and oxygen atoms in total. The first-order valence-corrected chi connectivity index (χ1v) is 7.23. The highest BCUT2D eigenvalue weighted by Gasteiger charge is 2.19.